The molecule has 2 aromatic rings. The Kier molecular flexibility index (Phi) is 4.49. The van der Waals surface area contributed by atoms with Gasteiger partial charge in [0.1, 0.15) is 5.82 Å². The van der Waals surface area contributed by atoms with Gasteiger partial charge in [0.05, 0.1) is 11.4 Å². The number of amides is 2. The number of hydrogen-bond donors (Lipinski definition) is 2. The van der Waals surface area contributed by atoms with Crippen LogP contribution in [-0.2, 0) is 22.4 Å². The molecule has 0 bridgehead atoms. The molecule has 2 amide bonds. The number of aryl methyl sites for hydroxylation is 1. The number of rotatable bonds is 6. The number of nitrogens with one attached hydrogen (secondary N) is 2. The molecule has 4 rings (SSSR count). The zero-order chi connectivity index (χ0) is 18.1. The van der Waals surface area contributed by atoms with Crippen molar-refractivity contribution in [1.29, 1.82) is 0 Å². The van der Waals surface area contributed by atoms with E-state index in [4.69, 9.17) is 5.10 Å². The van der Waals surface area contributed by atoms with Crippen molar-refractivity contribution in [3.63, 3.8) is 0 Å². The van der Waals surface area contributed by atoms with E-state index in [0.717, 1.165) is 48.4 Å². The Hall–Kier alpha value is -2.63. The fourth-order valence-electron chi connectivity index (χ4n) is 3.59. The number of hydrogen-bond acceptors (Lipinski definition) is 3. The van der Waals surface area contributed by atoms with Crippen LogP contribution in [0.1, 0.15) is 37.4 Å². The van der Waals surface area contributed by atoms with Crippen LogP contribution in [-0.4, -0.2) is 28.1 Å². The van der Waals surface area contributed by atoms with E-state index in [1.54, 1.807) is 0 Å². The van der Waals surface area contributed by atoms with Gasteiger partial charge >= 0.3 is 0 Å². The Bertz CT molecular complexity index is 828. The summed E-state index contributed by atoms with van der Waals surface area (Å²) in [6.45, 7) is 2.44. The molecule has 1 saturated carbocycles. The number of benzene rings is 1. The van der Waals surface area contributed by atoms with Crippen molar-refractivity contribution in [3.05, 3.63) is 41.6 Å². The van der Waals surface area contributed by atoms with E-state index < -0.39 is 0 Å². The summed E-state index contributed by atoms with van der Waals surface area (Å²) in [7, 11) is 0. The molecule has 2 aliphatic rings. The molecule has 2 N–H and O–H groups in total. The second-order valence-electron chi connectivity index (χ2n) is 7.28. The molecule has 6 heteroatoms. The van der Waals surface area contributed by atoms with Crippen molar-refractivity contribution in [2.24, 2.45) is 11.8 Å². The van der Waals surface area contributed by atoms with Gasteiger partial charge in [-0.25, -0.2) is 4.68 Å². The van der Waals surface area contributed by atoms with E-state index in [2.05, 4.69) is 17.6 Å². The summed E-state index contributed by atoms with van der Waals surface area (Å²) in [4.78, 5) is 24.3. The molecule has 2 atom stereocenters. The molecule has 0 saturated heterocycles. The lowest BCUT2D eigenvalue weighted by molar-refractivity contribution is -0.122. The van der Waals surface area contributed by atoms with Gasteiger partial charge < -0.3 is 10.6 Å². The molecule has 0 radical (unpaired) electrons. The maximum Gasteiger partial charge on any atom is 0.227 e. The molecule has 1 aromatic heterocycles. The van der Waals surface area contributed by atoms with Crippen LogP contribution in [0.5, 0.6) is 0 Å². The molecule has 1 fully saturated rings. The van der Waals surface area contributed by atoms with Crippen molar-refractivity contribution in [3.8, 4) is 5.69 Å². The first-order chi connectivity index (χ1) is 12.6. The summed E-state index contributed by atoms with van der Waals surface area (Å²) < 4.78 is 1.83. The van der Waals surface area contributed by atoms with E-state index in [1.807, 2.05) is 35.0 Å². The van der Waals surface area contributed by atoms with Gasteiger partial charge in [-0.05, 0) is 43.7 Å². The number of fused-ring (bicyclic) bond motifs is 1. The van der Waals surface area contributed by atoms with Gasteiger partial charge in [0.15, 0.2) is 0 Å². The first-order valence-electron chi connectivity index (χ1n) is 9.37. The molecule has 0 spiro atoms. The Morgan fingerprint density at radius 2 is 2.00 bits per heavy atom. The lowest BCUT2D eigenvalue weighted by atomic mass is 10.2. The highest BCUT2D eigenvalue weighted by Crippen LogP contribution is 2.37. The van der Waals surface area contributed by atoms with Crippen molar-refractivity contribution in [2.45, 2.75) is 39.0 Å². The fraction of sp³-hybridized carbons (Fsp3) is 0.450. The Balaban J connectivity index is 1.42. The molecular formula is C20H24N4O2. The monoisotopic (exact) mass is 352 g/mol. The van der Waals surface area contributed by atoms with Gasteiger partial charge in [-0.3, -0.25) is 9.59 Å². The van der Waals surface area contributed by atoms with Gasteiger partial charge in [-0.15, -0.1) is 0 Å². The van der Waals surface area contributed by atoms with Crippen molar-refractivity contribution < 1.29 is 9.59 Å². The summed E-state index contributed by atoms with van der Waals surface area (Å²) in [5.74, 6) is 1.37. The standard InChI is InChI=1S/C20H24N4O2/c1-13-12-16(13)20(26)21-11-10-18(25)22-19-15-8-5-9-17(15)23-24(19)14-6-3-2-4-7-14/h2-4,6-7,13,16H,5,8-12H2,1H3,(H,21,26)(H,22,25)/t13-,16-/m0/s1. The van der Waals surface area contributed by atoms with Crippen LogP contribution in [0.3, 0.4) is 0 Å². The summed E-state index contributed by atoms with van der Waals surface area (Å²) in [5, 5.41) is 10.6. The fourth-order valence-corrected chi connectivity index (χ4v) is 3.59. The highest BCUT2D eigenvalue weighted by molar-refractivity contribution is 5.91. The van der Waals surface area contributed by atoms with Crippen molar-refractivity contribution >= 4 is 17.6 Å². The zero-order valence-corrected chi connectivity index (χ0v) is 15.0. The van der Waals surface area contributed by atoms with Gasteiger partial charge in [-0.2, -0.15) is 5.10 Å². The van der Waals surface area contributed by atoms with Gasteiger partial charge in [-0.1, -0.05) is 25.1 Å². The summed E-state index contributed by atoms with van der Waals surface area (Å²) in [6, 6.07) is 9.84. The molecule has 1 aromatic carbocycles. The molecule has 6 nitrogen and oxygen atoms in total. The maximum atomic E-state index is 12.4. The number of carbonyl (C=O) groups excluding carboxylic acids is 2. The minimum absolute atomic E-state index is 0.0699. The predicted octanol–water partition coefficient (Wildman–Crippen LogP) is 2.46. The third kappa shape index (κ3) is 3.36. The van der Waals surface area contributed by atoms with E-state index in [9.17, 15) is 9.59 Å². The molecule has 0 aliphatic heterocycles. The predicted molar refractivity (Wildman–Crippen MR) is 99.1 cm³/mol. The molecule has 1 heterocycles. The lowest BCUT2D eigenvalue weighted by Crippen LogP contribution is -2.29. The first-order valence-corrected chi connectivity index (χ1v) is 9.37. The molecule has 2 aliphatic carbocycles. The second-order valence-corrected chi connectivity index (χ2v) is 7.28. The Labute approximate surface area is 153 Å². The first kappa shape index (κ1) is 16.8. The van der Waals surface area contributed by atoms with Gasteiger partial charge in [0.25, 0.3) is 0 Å². The quantitative estimate of drug-likeness (QED) is 0.838. The second kappa shape index (κ2) is 6.94. The van der Waals surface area contributed by atoms with Crippen LogP contribution < -0.4 is 10.6 Å². The number of aromatic nitrogens is 2. The lowest BCUT2D eigenvalue weighted by Gasteiger charge is -2.11. The normalized spacial score (nSPS) is 20.5. The van der Waals surface area contributed by atoms with Gasteiger partial charge in [0.2, 0.25) is 11.8 Å². The van der Waals surface area contributed by atoms with Crippen LogP contribution in [0.2, 0.25) is 0 Å². The smallest absolute Gasteiger partial charge is 0.227 e. The highest BCUT2D eigenvalue weighted by Gasteiger charge is 2.38. The van der Waals surface area contributed by atoms with Crippen LogP contribution >= 0.6 is 0 Å². The average molecular weight is 352 g/mol. The number of carbonyl (C=O) groups is 2. The number of para-hydroxylation sites is 1. The zero-order valence-electron chi connectivity index (χ0n) is 15.0. The van der Waals surface area contributed by atoms with E-state index in [0.29, 0.717) is 12.5 Å². The van der Waals surface area contributed by atoms with E-state index in [-0.39, 0.29) is 24.2 Å². The van der Waals surface area contributed by atoms with E-state index in [1.165, 1.54) is 0 Å². The maximum absolute atomic E-state index is 12.4. The third-order valence-corrected chi connectivity index (χ3v) is 5.26. The largest absolute Gasteiger partial charge is 0.355 e. The SMILES string of the molecule is C[C@H]1C[C@@H]1C(=O)NCCC(=O)Nc1c2c(nn1-c1ccccc1)CCC2. The molecule has 26 heavy (non-hydrogen) atoms. The Morgan fingerprint density at radius 3 is 2.73 bits per heavy atom. The molecule has 136 valence electrons. The van der Waals surface area contributed by atoms with Crippen LogP contribution in [0.25, 0.3) is 5.69 Å². The van der Waals surface area contributed by atoms with Crippen LogP contribution in [0, 0.1) is 11.8 Å². The minimum Gasteiger partial charge on any atom is -0.355 e. The summed E-state index contributed by atoms with van der Waals surface area (Å²) in [5.41, 5.74) is 3.14. The Morgan fingerprint density at radius 1 is 1.23 bits per heavy atom. The van der Waals surface area contributed by atoms with Crippen LogP contribution in [0.4, 0.5) is 5.82 Å². The third-order valence-electron chi connectivity index (χ3n) is 5.26. The molecular weight excluding hydrogens is 328 g/mol. The van der Waals surface area contributed by atoms with Crippen molar-refractivity contribution in [2.75, 3.05) is 11.9 Å². The van der Waals surface area contributed by atoms with Gasteiger partial charge in [0, 0.05) is 24.4 Å². The summed E-state index contributed by atoms with van der Waals surface area (Å²) >= 11 is 0. The summed E-state index contributed by atoms with van der Waals surface area (Å²) in [6.07, 6.45) is 4.19. The van der Waals surface area contributed by atoms with Crippen LogP contribution in [0.15, 0.2) is 30.3 Å². The number of anilines is 1. The van der Waals surface area contributed by atoms with E-state index >= 15 is 0 Å². The van der Waals surface area contributed by atoms with Crippen molar-refractivity contribution in [1.82, 2.24) is 15.1 Å². The molecule has 0 unspecified atom stereocenters. The average Bonchev–Trinajstić information content (AvgIpc) is 3.05. The number of nitrogens with zero attached hydrogens (tertiary/aromatic N) is 2. The topological polar surface area (TPSA) is 76.0 Å². The highest BCUT2D eigenvalue weighted by atomic mass is 16.2. The minimum atomic E-state index is -0.0964.